The van der Waals surface area contributed by atoms with Crippen molar-refractivity contribution in [3.63, 3.8) is 0 Å². The fourth-order valence-electron chi connectivity index (χ4n) is 3.37. The molecule has 1 saturated heterocycles. The molecule has 0 unspecified atom stereocenters. The average molecular weight is 410 g/mol. The second-order valence-electron chi connectivity index (χ2n) is 7.57. The van der Waals surface area contributed by atoms with Gasteiger partial charge >= 0.3 is 0 Å². The molecule has 8 nitrogen and oxygen atoms in total. The SMILES string of the molecule is CC1CCN(c2ccc(NC(=O)CCNC(=O)c3ccc([N+](=O)[O-])cc3)cc2)CC1. The molecule has 0 aliphatic carbocycles. The smallest absolute Gasteiger partial charge is 0.269 e. The van der Waals surface area contributed by atoms with Gasteiger partial charge in [-0.2, -0.15) is 0 Å². The summed E-state index contributed by atoms with van der Waals surface area (Å²) in [7, 11) is 0. The van der Waals surface area contributed by atoms with E-state index < -0.39 is 4.92 Å². The van der Waals surface area contributed by atoms with Gasteiger partial charge in [0, 0.05) is 55.1 Å². The molecule has 158 valence electrons. The number of nitrogens with zero attached hydrogens (tertiary/aromatic N) is 2. The normalized spacial score (nSPS) is 14.2. The van der Waals surface area contributed by atoms with Crippen LogP contribution in [0.4, 0.5) is 17.1 Å². The zero-order valence-electron chi connectivity index (χ0n) is 17.0. The highest BCUT2D eigenvalue weighted by Crippen LogP contribution is 2.24. The zero-order valence-corrected chi connectivity index (χ0v) is 17.0. The fraction of sp³-hybridized carbons (Fsp3) is 0.364. The molecule has 0 atom stereocenters. The van der Waals surface area contributed by atoms with Crippen molar-refractivity contribution in [2.45, 2.75) is 26.2 Å². The van der Waals surface area contributed by atoms with Crippen LogP contribution < -0.4 is 15.5 Å². The van der Waals surface area contributed by atoms with Crippen LogP contribution in [-0.4, -0.2) is 36.4 Å². The second-order valence-corrected chi connectivity index (χ2v) is 7.57. The summed E-state index contributed by atoms with van der Waals surface area (Å²) in [6.45, 7) is 4.57. The van der Waals surface area contributed by atoms with E-state index in [-0.39, 0.29) is 30.5 Å². The first-order valence-electron chi connectivity index (χ1n) is 10.1. The number of hydrogen-bond donors (Lipinski definition) is 2. The summed E-state index contributed by atoms with van der Waals surface area (Å²) in [5.41, 5.74) is 2.11. The number of benzene rings is 2. The van der Waals surface area contributed by atoms with Crippen molar-refractivity contribution in [2.24, 2.45) is 5.92 Å². The van der Waals surface area contributed by atoms with Crippen molar-refractivity contribution in [1.29, 1.82) is 0 Å². The highest BCUT2D eigenvalue weighted by atomic mass is 16.6. The number of nitro groups is 1. The third kappa shape index (κ3) is 5.79. The first-order valence-corrected chi connectivity index (χ1v) is 10.1. The van der Waals surface area contributed by atoms with E-state index in [1.165, 1.54) is 37.1 Å². The molecule has 3 rings (SSSR count). The van der Waals surface area contributed by atoms with Gasteiger partial charge in [-0.1, -0.05) is 6.92 Å². The Hall–Kier alpha value is -3.42. The van der Waals surface area contributed by atoms with E-state index in [4.69, 9.17) is 0 Å². The van der Waals surface area contributed by atoms with Gasteiger partial charge in [-0.05, 0) is 55.2 Å². The number of piperidine rings is 1. The predicted octanol–water partition coefficient (Wildman–Crippen LogP) is 3.59. The van der Waals surface area contributed by atoms with Crippen molar-refractivity contribution in [3.8, 4) is 0 Å². The van der Waals surface area contributed by atoms with Gasteiger partial charge < -0.3 is 15.5 Å². The van der Waals surface area contributed by atoms with Gasteiger partial charge in [0.2, 0.25) is 5.91 Å². The summed E-state index contributed by atoms with van der Waals surface area (Å²) < 4.78 is 0. The standard InChI is InChI=1S/C22H26N4O4/c1-16-11-14-25(15-12-16)19-8-4-18(5-9-19)24-21(27)10-13-23-22(28)17-2-6-20(7-3-17)26(29)30/h2-9,16H,10-15H2,1H3,(H,23,28)(H,24,27). The van der Waals surface area contributed by atoms with E-state index >= 15 is 0 Å². The number of carbonyl (C=O) groups is 2. The molecule has 0 radical (unpaired) electrons. The predicted molar refractivity (Wildman–Crippen MR) is 116 cm³/mol. The minimum absolute atomic E-state index is 0.0770. The number of hydrogen-bond acceptors (Lipinski definition) is 5. The maximum Gasteiger partial charge on any atom is 0.269 e. The Labute approximate surface area is 175 Å². The second kappa shape index (κ2) is 9.87. The van der Waals surface area contributed by atoms with Crippen molar-refractivity contribution in [3.05, 3.63) is 64.2 Å². The lowest BCUT2D eigenvalue weighted by Crippen LogP contribution is -2.32. The molecule has 0 bridgehead atoms. The van der Waals surface area contributed by atoms with Crippen LogP contribution in [0.15, 0.2) is 48.5 Å². The summed E-state index contributed by atoms with van der Waals surface area (Å²) in [6.07, 6.45) is 2.53. The number of nitro benzene ring substituents is 1. The van der Waals surface area contributed by atoms with Crippen LogP contribution in [0.5, 0.6) is 0 Å². The van der Waals surface area contributed by atoms with Gasteiger partial charge in [0.15, 0.2) is 0 Å². The number of carbonyl (C=O) groups excluding carboxylic acids is 2. The van der Waals surface area contributed by atoms with Crippen molar-refractivity contribution in [2.75, 3.05) is 29.9 Å². The average Bonchev–Trinajstić information content (AvgIpc) is 2.75. The van der Waals surface area contributed by atoms with Gasteiger partial charge in [0.05, 0.1) is 4.92 Å². The summed E-state index contributed by atoms with van der Waals surface area (Å²) >= 11 is 0. The van der Waals surface area contributed by atoms with Gasteiger partial charge in [0.1, 0.15) is 0 Å². The lowest BCUT2D eigenvalue weighted by Gasteiger charge is -2.32. The molecule has 1 aliphatic heterocycles. The molecule has 2 aromatic carbocycles. The van der Waals surface area contributed by atoms with Crippen molar-refractivity contribution in [1.82, 2.24) is 5.32 Å². The zero-order chi connectivity index (χ0) is 21.5. The first-order chi connectivity index (χ1) is 14.4. The first kappa shape index (κ1) is 21.3. The minimum Gasteiger partial charge on any atom is -0.372 e. The maximum absolute atomic E-state index is 12.1. The van der Waals surface area contributed by atoms with Crippen LogP contribution in [0, 0.1) is 16.0 Å². The Balaban J connectivity index is 1.42. The summed E-state index contributed by atoms with van der Waals surface area (Å²) in [4.78, 5) is 36.7. The van der Waals surface area contributed by atoms with Crippen molar-refractivity contribution < 1.29 is 14.5 Å². The Morgan fingerprint density at radius 2 is 1.70 bits per heavy atom. The summed E-state index contributed by atoms with van der Waals surface area (Å²) in [5, 5.41) is 16.1. The molecule has 0 aromatic heterocycles. The molecule has 0 spiro atoms. The van der Waals surface area contributed by atoms with Gasteiger partial charge in [-0.3, -0.25) is 19.7 Å². The Kier molecular flexibility index (Phi) is 7.00. The Bertz CT molecular complexity index is 888. The third-order valence-electron chi connectivity index (χ3n) is 5.28. The lowest BCUT2D eigenvalue weighted by atomic mass is 9.99. The van der Waals surface area contributed by atoms with Gasteiger partial charge in [-0.15, -0.1) is 0 Å². The Morgan fingerprint density at radius 1 is 1.07 bits per heavy atom. The van der Waals surface area contributed by atoms with Crippen LogP contribution in [0.2, 0.25) is 0 Å². The summed E-state index contributed by atoms with van der Waals surface area (Å²) in [6, 6.07) is 13.1. The van der Waals surface area contributed by atoms with Crippen molar-refractivity contribution >= 4 is 28.9 Å². The van der Waals surface area contributed by atoms with E-state index in [2.05, 4.69) is 22.5 Å². The number of amides is 2. The minimum atomic E-state index is -0.522. The molecular formula is C22H26N4O4. The number of non-ortho nitro benzene ring substituents is 1. The highest BCUT2D eigenvalue weighted by molar-refractivity contribution is 5.95. The molecule has 1 fully saturated rings. The topological polar surface area (TPSA) is 105 Å². The fourth-order valence-corrected chi connectivity index (χ4v) is 3.37. The molecular weight excluding hydrogens is 384 g/mol. The monoisotopic (exact) mass is 410 g/mol. The lowest BCUT2D eigenvalue weighted by molar-refractivity contribution is -0.384. The van der Waals surface area contributed by atoms with E-state index in [0.717, 1.165) is 30.4 Å². The van der Waals surface area contributed by atoms with Crippen LogP contribution in [0.1, 0.15) is 36.5 Å². The van der Waals surface area contributed by atoms with E-state index in [1.54, 1.807) is 0 Å². The van der Waals surface area contributed by atoms with E-state index in [1.807, 2.05) is 24.3 Å². The van der Waals surface area contributed by atoms with Crippen LogP contribution in [0.3, 0.4) is 0 Å². The molecule has 1 aliphatic rings. The van der Waals surface area contributed by atoms with Gasteiger partial charge in [-0.25, -0.2) is 0 Å². The molecule has 30 heavy (non-hydrogen) atoms. The highest BCUT2D eigenvalue weighted by Gasteiger charge is 2.16. The van der Waals surface area contributed by atoms with Crippen LogP contribution in [-0.2, 0) is 4.79 Å². The largest absolute Gasteiger partial charge is 0.372 e. The van der Waals surface area contributed by atoms with Gasteiger partial charge in [0.25, 0.3) is 11.6 Å². The van der Waals surface area contributed by atoms with E-state index in [9.17, 15) is 19.7 Å². The molecule has 1 heterocycles. The quantitative estimate of drug-likeness (QED) is 0.536. The number of nitrogens with one attached hydrogen (secondary N) is 2. The van der Waals surface area contributed by atoms with E-state index in [0.29, 0.717) is 5.56 Å². The third-order valence-corrected chi connectivity index (χ3v) is 5.28. The molecule has 2 N–H and O–H groups in total. The molecule has 0 saturated carbocycles. The maximum atomic E-state index is 12.1. The van der Waals surface area contributed by atoms with Crippen LogP contribution >= 0.6 is 0 Å². The molecule has 2 aromatic rings. The number of anilines is 2. The Morgan fingerprint density at radius 3 is 2.30 bits per heavy atom. The molecule has 8 heteroatoms. The van der Waals surface area contributed by atoms with Crippen LogP contribution in [0.25, 0.3) is 0 Å². The summed E-state index contributed by atoms with van der Waals surface area (Å²) in [5.74, 6) is 0.206. The molecule has 2 amide bonds. The number of rotatable bonds is 7.